The van der Waals surface area contributed by atoms with Crippen LogP contribution in [0, 0.1) is 0 Å². The van der Waals surface area contributed by atoms with E-state index in [0.717, 1.165) is 37.6 Å². The maximum absolute atomic E-state index is 5.97. The maximum Gasteiger partial charge on any atom is 0.191 e. The zero-order valence-electron chi connectivity index (χ0n) is 10.2. The molecule has 0 saturated carbocycles. The highest BCUT2D eigenvalue weighted by molar-refractivity contribution is 7.99. The zero-order chi connectivity index (χ0) is 12.1. The van der Waals surface area contributed by atoms with Gasteiger partial charge in [-0.25, -0.2) is 0 Å². The second-order valence-electron chi connectivity index (χ2n) is 4.04. The Bertz CT molecular complexity index is 381. The van der Waals surface area contributed by atoms with Crippen molar-refractivity contribution in [3.8, 4) is 0 Å². The van der Waals surface area contributed by atoms with Crippen molar-refractivity contribution < 1.29 is 0 Å². The van der Waals surface area contributed by atoms with E-state index in [0.29, 0.717) is 5.96 Å². The largest absolute Gasteiger partial charge is 0.370 e. The average molecular weight is 253 g/mol. The Morgan fingerprint density at radius 1 is 1.53 bits per heavy atom. The molecule has 1 aliphatic rings. The molecule has 1 aromatic rings. The molecule has 2 N–H and O–H groups in total. The second kappa shape index (κ2) is 5.95. The lowest BCUT2D eigenvalue weighted by atomic mass is 10.3. The molecule has 0 atom stereocenters. The topological polar surface area (TPSA) is 59.4 Å². The average Bonchev–Trinajstić information content (AvgIpc) is 2.76. The third-order valence-electron chi connectivity index (χ3n) is 2.90. The van der Waals surface area contributed by atoms with Crippen LogP contribution in [0.2, 0.25) is 0 Å². The number of aromatic nitrogens is 2. The van der Waals surface area contributed by atoms with E-state index < -0.39 is 0 Å². The van der Waals surface area contributed by atoms with Gasteiger partial charge in [0.05, 0.1) is 0 Å². The minimum absolute atomic E-state index is 0.687. The summed E-state index contributed by atoms with van der Waals surface area (Å²) >= 11 is 1.98. The molecule has 1 aromatic heterocycles. The standard InChI is InChI=1S/C11H19N5S/c1-15-10(3-5-14-15)2-4-13-11(12)16-6-8-17-9-7-16/h3,5H,2,4,6-9H2,1H3,(H2,12,13). The summed E-state index contributed by atoms with van der Waals surface area (Å²) in [6, 6.07) is 2.02. The molecule has 0 spiro atoms. The van der Waals surface area contributed by atoms with Crippen molar-refractivity contribution >= 4 is 17.7 Å². The molecule has 2 heterocycles. The van der Waals surface area contributed by atoms with Crippen LogP contribution in [0.1, 0.15) is 5.69 Å². The summed E-state index contributed by atoms with van der Waals surface area (Å²) in [5, 5.41) is 4.13. The Hall–Kier alpha value is -1.17. The number of nitrogens with two attached hydrogens (primary N) is 1. The Balaban J connectivity index is 1.81. The molecule has 0 aliphatic carbocycles. The highest BCUT2D eigenvalue weighted by Gasteiger charge is 2.11. The third kappa shape index (κ3) is 3.39. The van der Waals surface area contributed by atoms with Crippen molar-refractivity contribution in [3.05, 3.63) is 18.0 Å². The maximum atomic E-state index is 5.97. The van der Waals surface area contributed by atoms with Gasteiger partial charge in [0.1, 0.15) is 0 Å². The Morgan fingerprint density at radius 2 is 2.29 bits per heavy atom. The quantitative estimate of drug-likeness (QED) is 0.623. The molecule has 0 unspecified atom stereocenters. The predicted molar refractivity (Wildman–Crippen MR) is 72.3 cm³/mol. The van der Waals surface area contributed by atoms with Crippen molar-refractivity contribution in [3.63, 3.8) is 0 Å². The summed E-state index contributed by atoms with van der Waals surface area (Å²) in [4.78, 5) is 6.60. The van der Waals surface area contributed by atoms with Crippen LogP contribution in [0.5, 0.6) is 0 Å². The molecular weight excluding hydrogens is 234 g/mol. The smallest absolute Gasteiger partial charge is 0.191 e. The monoisotopic (exact) mass is 253 g/mol. The van der Waals surface area contributed by atoms with E-state index >= 15 is 0 Å². The highest BCUT2D eigenvalue weighted by atomic mass is 32.2. The molecule has 5 nitrogen and oxygen atoms in total. The van der Waals surface area contributed by atoms with E-state index in [4.69, 9.17) is 5.73 Å². The van der Waals surface area contributed by atoms with Gasteiger partial charge in [0, 0.05) is 56.5 Å². The molecule has 0 radical (unpaired) electrons. The molecule has 0 aromatic carbocycles. The molecule has 1 aliphatic heterocycles. The normalized spacial score (nSPS) is 17.5. The number of guanidine groups is 1. The Kier molecular flexibility index (Phi) is 4.30. The summed E-state index contributed by atoms with van der Waals surface area (Å²) < 4.78 is 1.88. The number of thioether (sulfide) groups is 1. The summed E-state index contributed by atoms with van der Waals surface area (Å²) in [5.41, 5.74) is 7.16. The van der Waals surface area contributed by atoms with Gasteiger partial charge in [0.2, 0.25) is 0 Å². The fraction of sp³-hybridized carbons (Fsp3) is 0.636. The van der Waals surface area contributed by atoms with Crippen molar-refractivity contribution in [2.24, 2.45) is 17.8 Å². The summed E-state index contributed by atoms with van der Waals surface area (Å²) in [5.74, 6) is 2.99. The van der Waals surface area contributed by atoms with Crippen LogP contribution in [-0.4, -0.2) is 51.8 Å². The van der Waals surface area contributed by atoms with Gasteiger partial charge < -0.3 is 10.6 Å². The molecule has 94 valence electrons. The van der Waals surface area contributed by atoms with Crippen LogP contribution in [-0.2, 0) is 13.5 Å². The fourth-order valence-electron chi connectivity index (χ4n) is 1.82. The van der Waals surface area contributed by atoms with Crippen LogP contribution in [0.3, 0.4) is 0 Å². The Morgan fingerprint density at radius 3 is 2.94 bits per heavy atom. The first kappa shape index (κ1) is 12.3. The highest BCUT2D eigenvalue weighted by Crippen LogP contribution is 2.08. The van der Waals surface area contributed by atoms with Crippen LogP contribution in [0.4, 0.5) is 0 Å². The summed E-state index contributed by atoms with van der Waals surface area (Å²) in [6.45, 7) is 2.77. The summed E-state index contributed by atoms with van der Waals surface area (Å²) in [6.07, 6.45) is 2.70. The number of hydrogen-bond acceptors (Lipinski definition) is 3. The molecule has 17 heavy (non-hydrogen) atoms. The second-order valence-corrected chi connectivity index (χ2v) is 5.26. The lowest BCUT2D eigenvalue weighted by molar-refractivity contribution is 0.456. The van der Waals surface area contributed by atoms with Crippen LogP contribution >= 0.6 is 11.8 Å². The zero-order valence-corrected chi connectivity index (χ0v) is 11.0. The fourth-order valence-corrected chi connectivity index (χ4v) is 2.73. The van der Waals surface area contributed by atoms with Gasteiger partial charge in [0.15, 0.2) is 5.96 Å². The third-order valence-corrected chi connectivity index (χ3v) is 3.84. The van der Waals surface area contributed by atoms with Crippen molar-refractivity contribution in [2.75, 3.05) is 31.1 Å². The van der Waals surface area contributed by atoms with Gasteiger partial charge in [-0.05, 0) is 6.07 Å². The molecule has 0 bridgehead atoms. The van der Waals surface area contributed by atoms with Gasteiger partial charge in [0.25, 0.3) is 0 Å². The van der Waals surface area contributed by atoms with E-state index in [-0.39, 0.29) is 0 Å². The van der Waals surface area contributed by atoms with Crippen LogP contribution in [0.25, 0.3) is 0 Å². The van der Waals surface area contributed by atoms with Gasteiger partial charge >= 0.3 is 0 Å². The molecule has 2 rings (SSSR count). The predicted octanol–water partition coefficient (Wildman–Crippen LogP) is 0.326. The van der Waals surface area contributed by atoms with Crippen molar-refractivity contribution in [1.82, 2.24) is 14.7 Å². The first-order valence-corrected chi connectivity index (χ1v) is 7.02. The SMILES string of the molecule is Cn1nccc1CCN=C(N)N1CCSCC1. The minimum Gasteiger partial charge on any atom is -0.370 e. The number of hydrogen-bond donors (Lipinski definition) is 1. The first-order valence-electron chi connectivity index (χ1n) is 5.87. The minimum atomic E-state index is 0.687. The van der Waals surface area contributed by atoms with E-state index in [2.05, 4.69) is 15.0 Å². The molecule has 0 amide bonds. The van der Waals surface area contributed by atoms with Gasteiger partial charge in [-0.2, -0.15) is 16.9 Å². The van der Waals surface area contributed by atoms with Crippen molar-refractivity contribution in [2.45, 2.75) is 6.42 Å². The molecule has 6 heteroatoms. The van der Waals surface area contributed by atoms with Crippen LogP contribution in [0.15, 0.2) is 17.3 Å². The van der Waals surface area contributed by atoms with Gasteiger partial charge in [-0.15, -0.1) is 0 Å². The molecule has 1 saturated heterocycles. The summed E-state index contributed by atoms with van der Waals surface area (Å²) in [7, 11) is 1.95. The van der Waals surface area contributed by atoms with E-state index in [1.807, 2.05) is 35.8 Å². The van der Waals surface area contributed by atoms with Gasteiger partial charge in [-0.3, -0.25) is 9.67 Å². The van der Waals surface area contributed by atoms with Crippen molar-refractivity contribution in [1.29, 1.82) is 0 Å². The number of rotatable bonds is 3. The number of nitrogens with zero attached hydrogens (tertiary/aromatic N) is 4. The van der Waals surface area contributed by atoms with Gasteiger partial charge in [-0.1, -0.05) is 0 Å². The van der Waals surface area contributed by atoms with E-state index in [9.17, 15) is 0 Å². The molecular formula is C11H19N5S. The number of aryl methyl sites for hydroxylation is 1. The lowest BCUT2D eigenvalue weighted by Gasteiger charge is -2.27. The van der Waals surface area contributed by atoms with E-state index in [1.165, 1.54) is 5.69 Å². The number of aliphatic imine (C=N–C) groups is 1. The first-order chi connectivity index (χ1) is 8.27. The lowest BCUT2D eigenvalue weighted by Crippen LogP contribution is -2.42. The van der Waals surface area contributed by atoms with Crippen LogP contribution < -0.4 is 5.73 Å². The van der Waals surface area contributed by atoms with E-state index in [1.54, 1.807) is 0 Å². The Labute approximate surface area is 106 Å². The molecule has 1 fully saturated rings.